The quantitative estimate of drug-likeness (QED) is 0.202. The van der Waals surface area contributed by atoms with Gasteiger partial charge in [0.25, 0.3) is 5.91 Å². The van der Waals surface area contributed by atoms with E-state index in [0.717, 1.165) is 34.0 Å². The molecule has 45 heavy (non-hydrogen) atoms. The highest BCUT2D eigenvalue weighted by molar-refractivity contribution is 8.00. The van der Waals surface area contributed by atoms with Crippen molar-refractivity contribution in [1.82, 2.24) is 20.1 Å². The molecule has 0 bridgehead atoms. The average molecular weight is 631 g/mol. The van der Waals surface area contributed by atoms with Crippen LogP contribution in [0, 0.1) is 11.6 Å². The highest BCUT2D eigenvalue weighted by Crippen LogP contribution is 2.39. The Morgan fingerprint density at radius 3 is 2.56 bits per heavy atom. The first-order valence-electron chi connectivity index (χ1n) is 14.5. The van der Waals surface area contributed by atoms with Crippen LogP contribution >= 0.6 is 11.8 Å². The van der Waals surface area contributed by atoms with Gasteiger partial charge in [-0.3, -0.25) is 4.79 Å². The SMILES string of the molecule is C[C@@H](S[C@H]1CO[C@H](c2ccc(C(=O)NCc3cccc4ccccc34)cc2)OC1)[C@](O)(Cn1cncn1)c1ccc(F)cc1F. The van der Waals surface area contributed by atoms with Gasteiger partial charge in [0, 0.05) is 34.6 Å². The Bertz CT molecular complexity index is 1760. The first-order valence-corrected chi connectivity index (χ1v) is 15.5. The summed E-state index contributed by atoms with van der Waals surface area (Å²) in [6, 6.07) is 24.4. The zero-order chi connectivity index (χ0) is 31.4. The molecule has 11 heteroatoms. The van der Waals surface area contributed by atoms with Crippen LogP contribution in [0.2, 0.25) is 0 Å². The second-order valence-electron chi connectivity index (χ2n) is 11.0. The van der Waals surface area contributed by atoms with Gasteiger partial charge in [-0.25, -0.2) is 18.4 Å². The molecule has 2 heterocycles. The summed E-state index contributed by atoms with van der Waals surface area (Å²) in [5, 5.41) is 20.4. The molecule has 0 unspecified atom stereocenters. The van der Waals surface area contributed by atoms with Crippen LogP contribution in [-0.2, 0) is 28.2 Å². The number of carbonyl (C=O) groups is 1. The highest BCUT2D eigenvalue weighted by atomic mass is 32.2. The first kappa shape index (κ1) is 30.8. The van der Waals surface area contributed by atoms with Gasteiger partial charge in [-0.05, 0) is 34.5 Å². The Kier molecular flexibility index (Phi) is 9.22. The van der Waals surface area contributed by atoms with Crippen molar-refractivity contribution >= 4 is 28.4 Å². The minimum Gasteiger partial charge on any atom is -0.382 e. The zero-order valence-electron chi connectivity index (χ0n) is 24.5. The molecule has 6 rings (SSSR count). The molecular formula is C34H32F2N4O4S. The third-order valence-corrected chi connectivity index (χ3v) is 9.42. The standard InChI is InChI=1S/C34H32F2N4O4S/c1-22(34(42,19-40-21-37-20-39-40)30-14-13-27(35)15-31(30)36)45-28-17-43-33(44-18-28)25-11-9-24(10-12-25)32(41)38-16-26-7-4-6-23-5-2-3-8-29(23)26/h2-15,20-22,28,33,42H,16-19H2,1H3,(H,38,41)/t22-,28-,33-,34-/m1/s1. The summed E-state index contributed by atoms with van der Waals surface area (Å²) in [5.41, 5.74) is 0.585. The molecule has 1 fully saturated rings. The molecule has 0 saturated carbocycles. The third kappa shape index (κ3) is 6.91. The summed E-state index contributed by atoms with van der Waals surface area (Å²) >= 11 is 1.39. The summed E-state index contributed by atoms with van der Waals surface area (Å²) in [5.74, 6) is -1.75. The van der Waals surface area contributed by atoms with Crippen molar-refractivity contribution in [3.8, 4) is 0 Å². The number of ether oxygens (including phenoxy) is 2. The Balaban J connectivity index is 1.05. The van der Waals surface area contributed by atoms with Crippen LogP contribution in [0.5, 0.6) is 0 Å². The van der Waals surface area contributed by atoms with Crippen LogP contribution in [0.25, 0.3) is 10.8 Å². The molecule has 1 aliphatic rings. The van der Waals surface area contributed by atoms with Crippen molar-refractivity contribution in [3.63, 3.8) is 0 Å². The van der Waals surface area contributed by atoms with Gasteiger partial charge in [0.15, 0.2) is 6.29 Å². The monoisotopic (exact) mass is 630 g/mol. The van der Waals surface area contributed by atoms with Gasteiger partial charge in [0.1, 0.15) is 29.9 Å². The van der Waals surface area contributed by atoms with Crippen molar-refractivity contribution in [3.05, 3.63) is 131 Å². The van der Waals surface area contributed by atoms with Gasteiger partial charge in [-0.15, -0.1) is 11.8 Å². The summed E-state index contributed by atoms with van der Waals surface area (Å²) in [7, 11) is 0. The van der Waals surface area contributed by atoms with E-state index >= 15 is 0 Å². The van der Waals surface area contributed by atoms with Gasteiger partial charge in [-0.1, -0.05) is 67.6 Å². The van der Waals surface area contributed by atoms with Gasteiger partial charge in [0.05, 0.1) is 25.0 Å². The van der Waals surface area contributed by atoms with Gasteiger partial charge < -0.3 is 19.9 Å². The molecular weight excluding hydrogens is 598 g/mol. The summed E-state index contributed by atoms with van der Waals surface area (Å²) in [6.07, 6.45) is 2.14. The normalized spacial score (nSPS) is 18.8. The van der Waals surface area contributed by atoms with Crippen molar-refractivity contribution in [2.45, 2.75) is 42.4 Å². The lowest BCUT2D eigenvalue weighted by atomic mass is 9.90. The molecule has 1 aliphatic heterocycles. The second-order valence-corrected chi connectivity index (χ2v) is 12.6. The van der Waals surface area contributed by atoms with E-state index in [-0.39, 0.29) is 23.3 Å². The number of fused-ring (bicyclic) bond motifs is 1. The summed E-state index contributed by atoms with van der Waals surface area (Å²) in [4.78, 5) is 16.8. The number of rotatable bonds is 10. The number of amides is 1. The molecule has 1 aromatic heterocycles. The lowest BCUT2D eigenvalue weighted by Gasteiger charge is -2.37. The number of thioether (sulfide) groups is 1. The maximum Gasteiger partial charge on any atom is 0.251 e. The third-order valence-electron chi connectivity index (χ3n) is 7.97. The number of hydrogen-bond acceptors (Lipinski definition) is 7. The van der Waals surface area contributed by atoms with E-state index in [1.165, 1.54) is 35.2 Å². The molecule has 4 aromatic carbocycles. The Hall–Kier alpha value is -4.16. The van der Waals surface area contributed by atoms with E-state index in [1.807, 2.05) is 54.6 Å². The number of nitrogens with one attached hydrogen (secondary N) is 1. The van der Waals surface area contributed by atoms with Gasteiger partial charge in [-0.2, -0.15) is 5.10 Å². The summed E-state index contributed by atoms with van der Waals surface area (Å²) < 4.78 is 42.0. The van der Waals surface area contributed by atoms with Crippen molar-refractivity contribution < 1.29 is 28.2 Å². The van der Waals surface area contributed by atoms with Crippen molar-refractivity contribution in [1.29, 1.82) is 0 Å². The smallest absolute Gasteiger partial charge is 0.251 e. The Morgan fingerprint density at radius 2 is 1.82 bits per heavy atom. The second kappa shape index (κ2) is 13.5. The van der Waals surface area contributed by atoms with Crippen molar-refractivity contribution in [2.24, 2.45) is 0 Å². The number of hydrogen-bond donors (Lipinski definition) is 2. The summed E-state index contributed by atoms with van der Waals surface area (Å²) in [6.45, 7) is 2.75. The molecule has 0 aliphatic carbocycles. The number of halogens is 2. The van der Waals surface area contributed by atoms with E-state index in [2.05, 4.69) is 15.4 Å². The maximum absolute atomic E-state index is 14.9. The number of aliphatic hydroxyl groups is 1. The fourth-order valence-electron chi connectivity index (χ4n) is 5.51. The average Bonchev–Trinajstić information content (AvgIpc) is 3.56. The van der Waals surface area contributed by atoms with Crippen LogP contribution < -0.4 is 5.32 Å². The largest absolute Gasteiger partial charge is 0.382 e. The minimum atomic E-state index is -1.73. The zero-order valence-corrected chi connectivity index (χ0v) is 25.3. The van der Waals surface area contributed by atoms with Crippen LogP contribution in [-0.4, -0.2) is 49.5 Å². The molecule has 0 spiro atoms. The Morgan fingerprint density at radius 1 is 1.07 bits per heavy atom. The topological polar surface area (TPSA) is 98.5 Å². The molecule has 1 amide bonds. The molecule has 1 saturated heterocycles. The van der Waals surface area contributed by atoms with E-state index < -0.39 is 28.8 Å². The maximum atomic E-state index is 14.9. The fraction of sp³-hybridized carbons (Fsp3) is 0.265. The number of aromatic nitrogens is 3. The van der Waals surface area contributed by atoms with E-state index in [0.29, 0.717) is 25.3 Å². The molecule has 2 atom stereocenters. The lowest BCUT2D eigenvalue weighted by Crippen LogP contribution is -2.43. The van der Waals surface area contributed by atoms with Crippen molar-refractivity contribution in [2.75, 3.05) is 13.2 Å². The Labute approximate surface area is 263 Å². The van der Waals surface area contributed by atoms with Crippen LogP contribution in [0.3, 0.4) is 0 Å². The van der Waals surface area contributed by atoms with E-state index in [1.54, 1.807) is 19.1 Å². The lowest BCUT2D eigenvalue weighted by molar-refractivity contribution is -0.180. The van der Waals surface area contributed by atoms with Crippen LogP contribution in [0.1, 0.15) is 40.3 Å². The number of nitrogens with zero attached hydrogens (tertiary/aromatic N) is 3. The van der Waals surface area contributed by atoms with E-state index in [4.69, 9.17) is 9.47 Å². The predicted molar refractivity (Wildman–Crippen MR) is 167 cm³/mol. The fourth-order valence-corrected chi connectivity index (χ4v) is 6.83. The molecule has 0 radical (unpaired) electrons. The van der Waals surface area contributed by atoms with Crippen LogP contribution in [0.4, 0.5) is 8.78 Å². The molecule has 2 N–H and O–H groups in total. The van der Waals surface area contributed by atoms with Gasteiger partial charge in [0.2, 0.25) is 0 Å². The molecule has 8 nitrogen and oxygen atoms in total. The number of carbonyl (C=O) groups excluding carboxylic acids is 1. The first-order chi connectivity index (χ1) is 21.8. The number of benzene rings is 4. The molecule has 232 valence electrons. The van der Waals surface area contributed by atoms with Gasteiger partial charge >= 0.3 is 0 Å². The molecule has 5 aromatic rings. The van der Waals surface area contributed by atoms with E-state index in [9.17, 15) is 18.7 Å². The minimum absolute atomic E-state index is 0.0313. The highest BCUT2D eigenvalue weighted by Gasteiger charge is 2.41. The van der Waals surface area contributed by atoms with Crippen LogP contribution in [0.15, 0.2) is 97.6 Å². The predicted octanol–water partition coefficient (Wildman–Crippen LogP) is 5.76.